The predicted molar refractivity (Wildman–Crippen MR) is 163 cm³/mol. The molecule has 0 saturated carbocycles. The van der Waals surface area contributed by atoms with E-state index in [0.717, 1.165) is 72.4 Å². The monoisotopic (exact) mass is 572 g/mol. The Bertz CT molecular complexity index is 1490. The van der Waals surface area contributed by atoms with Crippen molar-refractivity contribution in [3.63, 3.8) is 0 Å². The average Bonchev–Trinajstić information content (AvgIpc) is 3.52. The Kier molecular flexibility index (Phi) is 8.81. The fourth-order valence-electron chi connectivity index (χ4n) is 6.56. The lowest BCUT2D eigenvalue weighted by molar-refractivity contribution is 0.0895. The second-order valence-corrected chi connectivity index (χ2v) is 11.0. The molecular weight excluding hydrogens is 536 g/mol. The molecule has 0 radical (unpaired) electrons. The van der Waals surface area contributed by atoms with E-state index in [0.29, 0.717) is 29.6 Å². The number of benzene rings is 3. The minimum absolute atomic E-state index is 0. The molecule has 4 aromatic rings. The number of methoxy groups -OCH3 is 2. The topological polar surface area (TPSA) is 64.8 Å². The van der Waals surface area contributed by atoms with Gasteiger partial charge in [0.1, 0.15) is 11.5 Å². The van der Waals surface area contributed by atoms with Crippen LogP contribution in [0.4, 0.5) is 0 Å². The molecule has 3 aromatic carbocycles. The number of aryl methyl sites for hydroxylation is 1. The highest BCUT2D eigenvalue weighted by Crippen LogP contribution is 2.50. The summed E-state index contributed by atoms with van der Waals surface area (Å²) >= 11 is 0. The Labute approximate surface area is 248 Å². The number of hydrogen-bond donors (Lipinski definition) is 0. The second kappa shape index (κ2) is 12.5. The molecule has 6 rings (SSSR count). The van der Waals surface area contributed by atoms with Crippen molar-refractivity contribution in [2.75, 3.05) is 27.3 Å². The van der Waals surface area contributed by atoms with E-state index in [-0.39, 0.29) is 24.1 Å². The molecule has 6 nitrogen and oxygen atoms in total. The molecule has 2 aliphatic rings. The minimum atomic E-state index is -0.0448. The van der Waals surface area contributed by atoms with Crippen LogP contribution >= 0.6 is 12.4 Å². The van der Waals surface area contributed by atoms with Crippen molar-refractivity contribution in [1.82, 2.24) is 10.1 Å². The van der Waals surface area contributed by atoms with Crippen LogP contribution in [0.1, 0.15) is 46.5 Å². The molecule has 1 atom stereocenters. The van der Waals surface area contributed by atoms with Crippen molar-refractivity contribution < 1.29 is 18.8 Å². The number of aromatic nitrogens is 1. The molecule has 41 heavy (non-hydrogen) atoms. The average molecular weight is 573 g/mol. The zero-order valence-electron chi connectivity index (χ0n) is 23.9. The van der Waals surface area contributed by atoms with Crippen LogP contribution in [-0.4, -0.2) is 43.1 Å². The summed E-state index contributed by atoms with van der Waals surface area (Å²) in [6, 6.07) is 22.5. The molecule has 1 aromatic heterocycles. The smallest absolute Gasteiger partial charge is 0.169 e. The molecule has 7 heteroatoms. The van der Waals surface area contributed by atoms with Gasteiger partial charge in [0.05, 0.1) is 19.8 Å². The zero-order valence-corrected chi connectivity index (χ0v) is 24.7. The minimum Gasteiger partial charge on any atom is -0.493 e. The van der Waals surface area contributed by atoms with Crippen molar-refractivity contribution in [1.29, 1.82) is 0 Å². The summed E-state index contributed by atoms with van der Waals surface area (Å²) in [4.78, 5) is 16.4. The number of carbonyl (C=O) groups is 1. The van der Waals surface area contributed by atoms with Crippen LogP contribution in [0, 0.1) is 18.8 Å². The number of nitrogens with zero attached hydrogens (tertiary/aromatic N) is 2. The Morgan fingerprint density at radius 2 is 1.63 bits per heavy atom. The van der Waals surface area contributed by atoms with Crippen molar-refractivity contribution >= 4 is 18.2 Å². The van der Waals surface area contributed by atoms with Gasteiger partial charge in [0.2, 0.25) is 0 Å². The SMILES string of the molecule is COc1cc2c(c(-c3c(-c4ccccc4)noc3C)c1OC)CC(CC1CCN(Cc3ccccc3)CC1)C2=O.Cl. The number of likely N-dealkylation sites (tertiary alicyclic amines) is 1. The number of halogens is 1. The summed E-state index contributed by atoms with van der Waals surface area (Å²) in [5.41, 5.74) is 6.53. The zero-order chi connectivity index (χ0) is 27.6. The summed E-state index contributed by atoms with van der Waals surface area (Å²) in [6.07, 6.45) is 3.84. The maximum Gasteiger partial charge on any atom is 0.169 e. The number of ether oxygens (including phenoxy) is 2. The molecule has 1 fully saturated rings. The molecule has 1 saturated heterocycles. The molecule has 0 amide bonds. The summed E-state index contributed by atoms with van der Waals surface area (Å²) in [5.74, 6) is 2.57. The van der Waals surface area contributed by atoms with Gasteiger partial charge in [-0.15, -0.1) is 12.4 Å². The molecule has 0 bridgehead atoms. The summed E-state index contributed by atoms with van der Waals surface area (Å²) in [5, 5.41) is 4.43. The lowest BCUT2D eigenvalue weighted by Gasteiger charge is -2.33. The number of ketones is 1. The van der Waals surface area contributed by atoms with E-state index in [1.54, 1.807) is 14.2 Å². The van der Waals surface area contributed by atoms with E-state index in [9.17, 15) is 4.79 Å². The number of piperidine rings is 1. The van der Waals surface area contributed by atoms with Crippen LogP contribution in [0.2, 0.25) is 0 Å². The number of carbonyl (C=O) groups excluding carboxylic acids is 1. The van der Waals surface area contributed by atoms with Gasteiger partial charge in [0, 0.05) is 29.2 Å². The van der Waals surface area contributed by atoms with E-state index in [4.69, 9.17) is 14.0 Å². The van der Waals surface area contributed by atoms with E-state index in [1.807, 2.05) is 43.3 Å². The number of Topliss-reactive ketones (excluding diaryl/α,β-unsaturated/α-hetero) is 1. The van der Waals surface area contributed by atoms with Gasteiger partial charge >= 0.3 is 0 Å². The van der Waals surface area contributed by atoms with Gasteiger partial charge in [-0.3, -0.25) is 9.69 Å². The molecule has 1 aliphatic carbocycles. The molecule has 0 spiro atoms. The standard InChI is InChI=1S/C34H36N2O4.ClH/c1-22-30(32(35-40-22)25-12-8-5-9-13-25)31-27-19-26(33(37)28(27)20-29(38-2)34(31)39-3)18-23-14-16-36(17-15-23)21-24-10-6-4-7-11-24;/h4-13,20,23,26H,14-19,21H2,1-3H3;1H. The maximum atomic E-state index is 13.9. The van der Waals surface area contributed by atoms with Crippen molar-refractivity contribution in [3.8, 4) is 33.9 Å². The normalized spacial score (nSPS) is 17.2. The van der Waals surface area contributed by atoms with Gasteiger partial charge in [-0.25, -0.2) is 0 Å². The molecule has 214 valence electrons. The highest BCUT2D eigenvalue weighted by molar-refractivity contribution is 6.06. The van der Waals surface area contributed by atoms with Gasteiger partial charge in [0.15, 0.2) is 17.3 Å². The largest absolute Gasteiger partial charge is 0.493 e. The van der Waals surface area contributed by atoms with Crippen LogP contribution in [0.15, 0.2) is 71.3 Å². The first-order valence-electron chi connectivity index (χ1n) is 14.2. The Morgan fingerprint density at radius 1 is 0.951 bits per heavy atom. The van der Waals surface area contributed by atoms with Gasteiger partial charge in [-0.1, -0.05) is 65.8 Å². The van der Waals surface area contributed by atoms with E-state index < -0.39 is 0 Å². The van der Waals surface area contributed by atoms with Crippen LogP contribution in [0.25, 0.3) is 22.4 Å². The Morgan fingerprint density at radius 3 is 2.29 bits per heavy atom. The van der Waals surface area contributed by atoms with Crippen LogP contribution in [-0.2, 0) is 13.0 Å². The van der Waals surface area contributed by atoms with Crippen LogP contribution < -0.4 is 9.47 Å². The van der Waals surface area contributed by atoms with Gasteiger partial charge in [-0.05, 0) is 68.8 Å². The third kappa shape index (κ3) is 5.64. The first kappa shape index (κ1) is 28.9. The van der Waals surface area contributed by atoms with Gasteiger partial charge in [0.25, 0.3) is 0 Å². The highest BCUT2D eigenvalue weighted by atomic mass is 35.5. The maximum absolute atomic E-state index is 13.9. The summed E-state index contributed by atoms with van der Waals surface area (Å²) in [6.45, 7) is 5.05. The third-order valence-corrected chi connectivity index (χ3v) is 8.60. The fourth-order valence-corrected chi connectivity index (χ4v) is 6.56. The van der Waals surface area contributed by atoms with Crippen molar-refractivity contribution in [2.45, 2.75) is 39.2 Å². The molecule has 0 N–H and O–H groups in total. The molecule has 2 heterocycles. The Hall–Kier alpha value is -3.61. The predicted octanol–water partition coefficient (Wildman–Crippen LogP) is 7.41. The number of hydrogen-bond acceptors (Lipinski definition) is 6. The van der Waals surface area contributed by atoms with Gasteiger partial charge in [-0.2, -0.15) is 0 Å². The second-order valence-electron chi connectivity index (χ2n) is 11.0. The van der Waals surface area contributed by atoms with Crippen LogP contribution in [0.5, 0.6) is 11.5 Å². The number of fused-ring (bicyclic) bond motifs is 1. The van der Waals surface area contributed by atoms with E-state index in [1.165, 1.54) is 5.56 Å². The van der Waals surface area contributed by atoms with Crippen LogP contribution in [0.3, 0.4) is 0 Å². The quantitative estimate of drug-likeness (QED) is 0.219. The van der Waals surface area contributed by atoms with E-state index >= 15 is 0 Å². The number of rotatable bonds is 8. The first-order chi connectivity index (χ1) is 19.6. The molecular formula is C34H37ClN2O4. The van der Waals surface area contributed by atoms with Crippen molar-refractivity contribution in [2.24, 2.45) is 11.8 Å². The highest BCUT2D eigenvalue weighted by Gasteiger charge is 2.38. The lowest BCUT2D eigenvalue weighted by atomic mass is 9.85. The van der Waals surface area contributed by atoms with Gasteiger partial charge < -0.3 is 14.0 Å². The summed E-state index contributed by atoms with van der Waals surface area (Å²) in [7, 11) is 3.27. The molecule has 1 aliphatic heterocycles. The van der Waals surface area contributed by atoms with E-state index in [2.05, 4.69) is 40.4 Å². The summed E-state index contributed by atoms with van der Waals surface area (Å²) < 4.78 is 17.4. The Balaban J connectivity index is 0.00000337. The molecule has 1 unspecified atom stereocenters. The fraction of sp³-hybridized carbons (Fsp3) is 0.353. The van der Waals surface area contributed by atoms with Crippen molar-refractivity contribution in [3.05, 3.63) is 89.2 Å². The first-order valence-corrected chi connectivity index (χ1v) is 14.2. The third-order valence-electron chi connectivity index (χ3n) is 8.60. The lowest BCUT2D eigenvalue weighted by Crippen LogP contribution is -2.34.